The van der Waals surface area contributed by atoms with Gasteiger partial charge < -0.3 is 5.11 Å². The maximum Gasteiger partial charge on any atom is 0.172 e. The zero-order valence-corrected chi connectivity index (χ0v) is 14.8. The van der Waals surface area contributed by atoms with Gasteiger partial charge in [-0.2, -0.15) is 10.2 Å². The van der Waals surface area contributed by atoms with E-state index in [-0.39, 0.29) is 12.6 Å². The van der Waals surface area contributed by atoms with Gasteiger partial charge in [-0.25, -0.2) is 4.98 Å². The molecule has 7 heteroatoms. The number of aromatic nitrogens is 5. The van der Waals surface area contributed by atoms with E-state index in [9.17, 15) is 0 Å². The quantitative estimate of drug-likeness (QED) is 0.610. The van der Waals surface area contributed by atoms with E-state index in [0.717, 1.165) is 34.2 Å². The molecule has 3 N–H and O–H groups in total. The minimum atomic E-state index is -0.105. The highest BCUT2D eigenvalue weighted by Gasteiger charge is 2.20. The number of aryl methyl sites for hydroxylation is 2. The van der Waals surface area contributed by atoms with Crippen molar-refractivity contribution in [2.45, 2.75) is 39.9 Å². The summed E-state index contributed by atoms with van der Waals surface area (Å²) in [5.41, 5.74) is 4.29. The average Bonchev–Trinajstić information content (AvgIpc) is 3.14. The van der Waals surface area contributed by atoms with Gasteiger partial charge >= 0.3 is 0 Å². The molecule has 2 aromatic heterocycles. The minimum Gasteiger partial charge on any atom is -0.394 e. The van der Waals surface area contributed by atoms with Crippen LogP contribution in [0.5, 0.6) is 0 Å². The maximum atomic E-state index is 9.17. The summed E-state index contributed by atoms with van der Waals surface area (Å²) in [4.78, 5) is 4.50. The van der Waals surface area contributed by atoms with Gasteiger partial charge in [0.2, 0.25) is 0 Å². The molecule has 0 saturated heterocycles. The molecule has 0 aliphatic heterocycles. The summed E-state index contributed by atoms with van der Waals surface area (Å²) in [6, 6.07) is 10.1. The summed E-state index contributed by atoms with van der Waals surface area (Å²) in [6.07, 6.45) is 0. The Bertz CT molecular complexity index is 823. The van der Waals surface area contributed by atoms with Gasteiger partial charge in [0, 0.05) is 17.8 Å². The van der Waals surface area contributed by atoms with Crippen molar-refractivity contribution in [3.63, 3.8) is 0 Å². The van der Waals surface area contributed by atoms with Gasteiger partial charge in [-0.3, -0.25) is 15.1 Å². The first-order chi connectivity index (χ1) is 12.1. The first kappa shape index (κ1) is 17.3. The van der Waals surface area contributed by atoms with E-state index in [1.54, 1.807) is 0 Å². The summed E-state index contributed by atoms with van der Waals surface area (Å²) < 4.78 is 1.85. The molecule has 7 nitrogen and oxygen atoms in total. The predicted molar refractivity (Wildman–Crippen MR) is 95.0 cm³/mol. The van der Waals surface area contributed by atoms with Gasteiger partial charge in [-0.1, -0.05) is 30.3 Å². The fraction of sp³-hybridized carbons (Fsp3) is 0.389. The van der Waals surface area contributed by atoms with Gasteiger partial charge in [0.25, 0.3) is 0 Å². The third-order valence-corrected chi connectivity index (χ3v) is 4.33. The molecule has 3 aromatic rings. The molecule has 0 spiro atoms. The Morgan fingerprint density at radius 3 is 2.60 bits per heavy atom. The van der Waals surface area contributed by atoms with Crippen molar-refractivity contribution in [2.24, 2.45) is 0 Å². The third kappa shape index (κ3) is 3.78. The van der Waals surface area contributed by atoms with Crippen LogP contribution in [0.25, 0.3) is 0 Å². The second kappa shape index (κ2) is 7.58. The van der Waals surface area contributed by atoms with Crippen LogP contribution in [-0.4, -0.2) is 36.7 Å². The van der Waals surface area contributed by atoms with E-state index in [2.05, 4.69) is 37.7 Å². The van der Waals surface area contributed by atoms with Gasteiger partial charge in [0.1, 0.15) is 5.82 Å². The molecule has 0 bridgehead atoms. The van der Waals surface area contributed by atoms with E-state index in [1.807, 2.05) is 43.7 Å². The molecule has 0 radical (unpaired) electrons. The molecule has 25 heavy (non-hydrogen) atoms. The van der Waals surface area contributed by atoms with Crippen LogP contribution in [0.1, 0.15) is 40.2 Å². The van der Waals surface area contributed by atoms with Crippen molar-refractivity contribution in [2.75, 3.05) is 6.61 Å². The van der Waals surface area contributed by atoms with E-state index >= 15 is 0 Å². The Morgan fingerprint density at radius 2 is 1.96 bits per heavy atom. The number of nitrogens with zero attached hydrogens (tertiary/aromatic N) is 4. The lowest BCUT2D eigenvalue weighted by Crippen LogP contribution is -2.24. The normalized spacial score (nSPS) is 12.5. The number of aromatic amines is 1. The Hall–Kier alpha value is -2.51. The third-order valence-electron chi connectivity index (χ3n) is 4.33. The first-order valence-electron chi connectivity index (χ1n) is 8.41. The Morgan fingerprint density at radius 1 is 1.20 bits per heavy atom. The molecular weight excluding hydrogens is 316 g/mol. The highest BCUT2D eigenvalue weighted by atomic mass is 16.3. The molecule has 132 valence electrons. The molecule has 1 unspecified atom stereocenters. The van der Waals surface area contributed by atoms with Crippen molar-refractivity contribution in [3.05, 3.63) is 64.5 Å². The predicted octanol–water partition coefficient (Wildman–Crippen LogP) is 1.80. The largest absolute Gasteiger partial charge is 0.394 e. The van der Waals surface area contributed by atoms with E-state index in [4.69, 9.17) is 5.11 Å². The van der Waals surface area contributed by atoms with Crippen LogP contribution in [0.3, 0.4) is 0 Å². The molecular formula is C18H24N6O. The van der Waals surface area contributed by atoms with Gasteiger partial charge in [-0.15, -0.1) is 0 Å². The van der Waals surface area contributed by atoms with Crippen molar-refractivity contribution in [1.29, 1.82) is 0 Å². The monoisotopic (exact) mass is 340 g/mol. The number of rotatable bonds is 7. The zero-order valence-electron chi connectivity index (χ0n) is 14.8. The molecule has 0 aliphatic carbocycles. The maximum absolute atomic E-state index is 9.17. The lowest BCUT2D eigenvalue weighted by atomic mass is 10.1. The molecule has 1 aromatic carbocycles. The van der Waals surface area contributed by atoms with Crippen molar-refractivity contribution >= 4 is 0 Å². The summed E-state index contributed by atoms with van der Waals surface area (Å²) in [6.45, 7) is 7.16. The SMILES string of the molecule is Cc1nc(C(NCc2c(C)nn(CCO)c2C)c2ccccc2)n[nH]1. The van der Waals surface area contributed by atoms with Crippen LogP contribution in [0.2, 0.25) is 0 Å². The average molecular weight is 340 g/mol. The van der Waals surface area contributed by atoms with E-state index < -0.39 is 0 Å². The number of H-pyrrole nitrogens is 1. The fourth-order valence-electron chi connectivity index (χ4n) is 3.00. The second-order valence-corrected chi connectivity index (χ2v) is 6.10. The Balaban J connectivity index is 1.85. The smallest absolute Gasteiger partial charge is 0.172 e. The number of aliphatic hydroxyl groups excluding tert-OH is 1. The van der Waals surface area contributed by atoms with Crippen LogP contribution in [0.4, 0.5) is 0 Å². The first-order valence-corrected chi connectivity index (χ1v) is 8.41. The van der Waals surface area contributed by atoms with Crippen LogP contribution < -0.4 is 5.32 Å². The molecule has 3 rings (SSSR count). The van der Waals surface area contributed by atoms with Crippen molar-refractivity contribution in [3.8, 4) is 0 Å². The highest BCUT2D eigenvalue weighted by Crippen LogP contribution is 2.21. The number of hydrogen-bond donors (Lipinski definition) is 3. The summed E-state index contributed by atoms with van der Waals surface area (Å²) in [7, 11) is 0. The second-order valence-electron chi connectivity index (χ2n) is 6.10. The van der Waals surface area contributed by atoms with Gasteiger partial charge in [0.15, 0.2) is 5.82 Å². The number of benzene rings is 1. The van der Waals surface area contributed by atoms with Crippen molar-refractivity contribution in [1.82, 2.24) is 30.3 Å². The highest BCUT2D eigenvalue weighted by molar-refractivity contribution is 5.27. The molecule has 0 amide bonds. The molecule has 2 heterocycles. The van der Waals surface area contributed by atoms with Crippen LogP contribution in [-0.2, 0) is 13.1 Å². The van der Waals surface area contributed by atoms with E-state index in [1.165, 1.54) is 0 Å². The summed E-state index contributed by atoms with van der Waals surface area (Å²) >= 11 is 0. The molecule has 0 saturated carbocycles. The molecule has 0 aliphatic rings. The Labute approximate surface area is 147 Å². The number of nitrogens with one attached hydrogen (secondary N) is 2. The molecule has 0 fully saturated rings. The number of aliphatic hydroxyl groups is 1. The van der Waals surface area contributed by atoms with Crippen LogP contribution in [0, 0.1) is 20.8 Å². The topological polar surface area (TPSA) is 91.7 Å². The van der Waals surface area contributed by atoms with Gasteiger partial charge in [0.05, 0.1) is 24.9 Å². The zero-order chi connectivity index (χ0) is 17.8. The fourth-order valence-corrected chi connectivity index (χ4v) is 3.00. The summed E-state index contributed by atoms with van der Waals surface area (Å²) in [5, 5.41) is 24.5. The van der Waals surface area contributed by atoms with Gasteiger partial charge in [-0.05, 0) is 26.3 Å². The van der Waals surface area contributed by atoms with Crippen LogP contribution >= 0.6 is 0 Å². The lowest BCUT2D eigenvalue weighted by Gasteiger charge is -2.16. The summed E-state index contributed by atoms with van der Waals surface area (Å²) in [5.74, 6) is 1.52. The Kier molecular flexibility index (Phi) is 5.25. The van der Waals surface area contributed by atoms with Crippen LogP contribution in [0.15, 0.2) is 30.3 Å². The standard InChI is InChI=1S/C18H24N6O/c1-12-16(13(2)24(23-12)9-10-25)11-19-17(15-7-5-4-6-8-15)18-20-14(3)21-22-18/h4-8,17,19,25H,9-11H2,1-3H3,(H,20,21,22). The minimum absolute atomic E-state index is 0.0813. The lowest BCUT2D eigenvalue weighted by molar-refractivity contribution is 0.267. The van der Waals surface area contributed by atoms with E-state index in [0.29, 0.717) is 13.1 Å². The number of hydrogen-bond acceptors (Lipinski definition) is 5. The molecule has 1 atom stereocenters. The van der Waals surface area contributed by atoms with Crippen molar-refractivity contribution < 1.29 is 5.11 Å².